The average Bonchev–Trinajstić information content (AvgIpc) is 3.16. The average molecular weight is 451 g/mol. The first-order chi connectivity index (χ1) is 14.2. The number of amides is 1. The lowest BCUT2D eigenvalue weighted by atomic mass is 10.1. The van der Waals surface area contributed by atoms with Crippen LogP contribution < -0.4 is 0 Å². The Hall–Kier alpha value is -2.20. The number of nitrogens with zero attached hydrogens (tertiary/aromatic N) is 4. The van der Waals surface area contributed by atoms with Crippen molar-refractivity contribution in [3.63, 3.8) is 0 Å². The zero-order valence-corrected chi connectivity index (χ0v) is 16.8. The summed E-state index contributed by atoms with van der Waals surface area (Å²) in [7, 11) is 0. The number of aromatic nitrogens is 2. The number of alkyl halides is 4. The lowest BCUT2D eigenvalue weighted by Gasteiger charge is -2.36. The Morgan fingerprint density at radius 3 is 2.37 bits per heavy atom. The summed E-state index contributed by atoms with van der Waals surface area (Å²) in [4.78, 5) is 16.1. The monoisotopic (exact) mass is 450 g/mol. The first-order valence-corrected chi connectivity index (χ1v) is 9.66. The Morgan fingerprint density at radius 1 is 1.13 bits per heavy atom. The van der Waals surface area contributed by atoms with Crippen molar-refractivity contribution in [1.29, 1.82) is 0 Å². The molecule has 1 atom stereocenters. The minimum Gasteiger partial charge on any atom is -0.338 e. The van der Waals surface area contributed by atoms with Crippen LogP contribution in [0.2, 0.25) is 5.02 Å². The van der Waals surface area contributed by atoms with Crippen molar-refractivity contribution in [3.05, 3.63) is 52.1 Å². The van der Waals surface area contributed by atoms with E-state index in [0.717, 1.165) is 0 Å². The van der Waals surface area contributed by atoms with Crippen molar-refractivity contribution in [2.45, 2.75) is 32.4 Å². The smallest absolute Gasteiger partial charge is 0.282 e. The molecule has 1 fully saturated rings. The number of piperazine rings is 1. The maximum Gasteiger partial charge on any atom is 0.282 e. The molecule has 0 radical (unpaired) electrons. The van der Waals surface area contributed by atoms with E-state index in [1.165, 1.54) is 24.0 Å². The zero-order chi connectivity index (χ0) is 22.0. The van der Waals surface area contributed by atoms with Gasteiger partial charge in [0.1, 0.15) is 23.2 Å². The van der Waals surface area contributed by atoms with Crippen LogP contribution >= 0.6 is 11.6 Å². The topological polar surface area (TPSA) is 41.4 Å². The maximum atomic E-state index is 14.0. The van der Waals surface area contributed by atoms with Crippen LogP contribution in [0.25, 0.3) is 0 Å². The van der Waals surface area contributed by atoms with E-state index in [4.69, 9.17) is 11.6 Å². The summed E-state index contributed by atoms with van der Waals surface area (Å²) >= 11 is 6.05. The van der Waals surface area contributed by atoms with Gasteiger partial charge in [-0.2, -0.15) is 5.10 Å². The Labute approximate surface area is 175 Å². The molecule has 0 N–H and O–H groups in total. The van der Waals surface area contributed by atoms with E-state index in [1.807, 2.05) is 4.90 Å². The van der Waals surface area contributed by atoms with E-state index in [1.54, 1.807) is 6.07 Å². The van der Waals surface area contributed by atoms with Gasteiger partial charge < -0.3 is 4.90 Å². The summed E-state index contributed by atoms with van der Waals surface area (Å²) < 4.78 is 66.8. The highest BCUT2D eigenvalue weighted by atomic mass is 35.5. The second kappa shape index (κ2) is 9.30. The number of carbonyl (C=O) groups is 1. The molecule has 1 aromatic carbocycles. The second-order valence-corrected chi connectivity index (χ2v) is 7.42. The summed E-state index contributed by atoms with van der Waals surface area (Å²) in [5.74, 6) is -0.910. The van der Waals surface area contributed by atoms with Crippen LogP contribution in [0.5, 0.6) is 0 Å². The molecule has 11 heteroatoms. The fourth-order valence-electron chi connectivity index (χ4n) is 3.41. The van der Waals surface area contributed by atoms with E-state index in [2.05, 4.69) is 5.10 Å². The summed E-state index contributed by atoms with van der Waals surface area (Å²) in [5, 5.41) is 3.82. The third-order valence-electron chi connectivity index (χ3n) is 5.08. The van der Waals surface area contributed by atoms with Gasteiger partial charge in [0.15, 0.2) is 0 Å². The fraction of sp³-hybridized carbons (Fsp3) is 0.474. The highest BCUT2D eigenvalue weighted by Gasteiger charge is 2.31. The van der Waals surface area contributed by atoms with E-state index < -0.39 is 42.0 Å². The molecule has 3 rings (SSSR count). The normalized spacial score (nSPS) is 16.5. The molecule has 30 heavy (non-hydrogen) atoms. The quantitative estimate of drug-likeness (QED) is 0.610. The van der Waals surface area contributed by atoms with Gasteiger partial charge in [0, 0.05) is 43.3 Å². The van der Waals surface area contributed by atoms with Gasteiger partial charge in [-0.25, -0.2) is 22.0 Å². The largest absolute Gasteiger partial charge is 0.338 e. The molecule has 1 saturated heterocycles. The Kier molecular flexibility index (Phi) is 6.97. The van der Waals surface area contributed by atoms with Crippen molar-refractivity contribution in [2.75, 3.05) is 26.2 Å². The number of halogens is 6. The molecule has 1 aliphatic rings. The van der Waals surface area contributed by atoms with Crippen LogP contribution in [0.4, 0.5) is 22.0 Å². The Morgan fingerprint density at radius 2 is 1.80 bits per heavy atom. The first-order valence-electron chi connectivity index (χ1n) is 9.28. The standard InChI is InChI=1S/C19H20ClF5N4O/c1-11(29-16(18(24)25)9-15(26-29)17(22)23)19(30)28-7-5-27(6-8-28)10-12-13(20)3-2-4-14(12)21/h2-4,9,11,17-18H,5-8,10H2,1H3. The van der Waals surface area contributed by atoms with Crippen LogP contribution in [0.3, 0.4) is 0 Å². The molecule has 5 nitrogen and oxygen atoms in total. The van der Waals surface area contributed by atoms with Crippen molar-refractivity contribution >= 4 is 17.5 Å². The lowest BCUT2D eigenvalue weighted by Crippen LogP contribution is -2.50. The van der Waals surface area contributed by atoms with Gasteiger partial charge >= 0.3 is 0 Å². The van der Waals surface area contributed by atoms with Gasteiger partial charge in [-0.15, -0.1) is 0 Å². The van der Waals surface area contributed by atoms with E-state index >= 15 is 0 Å². The predicted octanol–water partition coefficient (Wildman–Crippen LogP) is 4.46. The lowest BCUT2D eigenvalue weighted by molar-refractivity contribution is -0.136. The fourth-order valence-corrected chi connectivity index (χ4v) is 3.63. The van der Waals surface area contributed by atoms with Gasteiger partial charge in [-0.1, -0.05) is 17.7 Å². The highest BCUT2D eigenvalue weighted by Crippen LogP contribution is 2.28. The van der Waals surface area contributed by atoms with Gasteiger partial charge in [-0.3, -0.25) is 14.4 Å². The third-order valence-corrected chi connectivity index (χ3v) is 5.44. The maximum absolute atomic E-state index is 14.0. The van der Waals surface area contributed by atoms with Gasteiger partial charge in [0.05, 0.1) is 0 Å². The molecule has 0 aliphatic carbocycles. The molecule has 0 saturated carbocycles. The van der Waals surface area contributed by atoms with Crippen LogP contribution in [-0.2, 0) is 11.3 Å². The SMILES string of the molecule is CC(C(=O)N1CCN(Cc2c(F)cccc2Cl)CC1)n1nc(C(F)F)cc1C(F)F. The zero-order valence-electron chi connectivity index (χ0n) is 16.0. The molecular formula is C19H20ClF5N4O. The molecule has 0 spiro atoms. The number of rotatable bonds is 6. The molecule has 164 valence electrons. The van der Waals surface area contributed by atoms with Crippen molar-refractivity contribution < 1.29 is 26.7 Å². The van der Waals surface area contributed by atoms with E-state index in [-0.39, 0.29) is 19.6 Å². The minimum absolute atomic E-state index is 0.273. The second-order valence-electron chi connectivity index (χ2n) is 7.02. The molecule has 2 heterocycles. The van der Waals surface area contributed by atoms with Gasteiger partial charge in [0.25, 0.3) is 12.9 Å². The van der Waals surface area contributed by atoms with E-state index in [0.29, 0.717) is 34.4 Å². The van der Waals surface area contributed by atoms with Crippen molar-refractivity contribution in [2.24, 2.45) is 0 Å². The highest BCUT2D eigenvalue weighted by molar-refractivity contribution is 6.31. The predicted molar refractivity (Wildman–Crippen MR) is 100 cm³/mol. The molecule has 2 aromatic rings. The van der Waals surface area contributed by atoms with Crippen LogP contribution in [0.15, 0.2) is 24.3 Å². The molecule has 1 amide bonds. The van der Waals surface area contributed by atoms with Crippen LogP contribution in [-0.4, -0.2) is 51.7 Å². The molecular weight excluding hydrogens is 431 g/mol. The number of carbonyl (C=O) groups excluding carboxylic acids is 1. The van der Waals surface area contributed by atoms with Crippen molar-refractivity contribution in [3.8, 4) is 0 Å². The molecule has 0 bridgehead atoms. The minimum atomic E-state index is -3.04. The summed E-state index contributed by atoms with van der Waals surface area (Å²) in [6.45, 7) is 3.03. The van der Waals surface area contributed by atoms with Crippen LogP contribution in [0, 0.1) is 5.82 Å². The summed E-state index contributed by atoms with van der Waals surface area (Å²) in [6, 6.07) is 3.89. The molecule has 1 aromatic heterocycles. The Bertz CT molecular complexity index is 879. The third kappa shape index (κ3) is 4.75. The molecule has 1 aliphatic heterocycles. The van der Waals surface area contributed by atoms with Crippen molar-refractivity contribution in [1.82, 2.24) is 19.6 Å². The van der Waals surface area contributed by atoms with Crippen LogP contribution in [0.1, 0.15) is 42.8 Å². The van der Waals surface area contributed by atoms with Gasteiger partial charge in [0.2, 0.25) is 5.91 Å². The first kappa shape index (κ1) is 22.5. The molecule has 1 unspecified atom stereocenters. The number of hydrogen-bond donors (Lipinski definition) is 0. The number of hydrogen-bond acceptors (Lipinski definition) is 3. The Balaban J connectivity index is 1.65. The summed E-state index contributed by atoms with van der Waals surface area (Å²) in [6.07, 6.45) is -6.05. The number of benzene rings is 1. The summed E-state index contributed by atoms with van der Waals surface area (Å²) in [5.41, 5.74) is -1.15. The van der Waals surface area contributed by atoms with Gasteiger partial charge in [-0.05, 0) is 25.1 Å². The van der Waals surface area contributed by atoms with E-state index in [9.17, 15) is 26.7 Å².